The summed E-state index contributed by atoms with van der Waals surface area (Å²) < 4.78 is 6.75. The number of terminal acetylenes is 1. The maximum Gasteiger partial charge on any atom is 0.293 e. The first-order valence-electron chi connectivity index (χ1n) is 6.93. The number of aryl methyl sites for hydroxylation is 3. The summed E-state index contributed by atoms with van der Waals surface area (Å²) in [5.41, 5.74) is 3.98. The van der Waals surface area contributed by atoms with Crippen LogP contribution in [0.15, 0.2) is 17.1 Å². The van der Waals surface area contributed by atoms with E-state index in [0.717, 1.165) is 21.7 Å². The van der Waals surface area contributed by atoms with Gasteiger partial charge in [-0.2, -0.15) is 4.99 Å². The molecule has 7 heteroatoms. The summed E-state index contributed by atoms with van der Waals surface area (Å²) in [6, 6.07) is 4.19. The van der Waals surface area contributed by atoms with E-state index in [1.54, 1.807) is 6.92 Å². The van der Waals surface area contributed by atoms with Crippen LogP contribution in [0.1, 0.15) is 26.5 Å². The minimum atomic E-state index is -0.330. The van der Waals surface area contributed by atoms with Crippen LogP contribution in [-0.4, -0.2) is 20.1 Å². The first-order chi connectivity index (χ1) is 11.0. The van der Waals surface area contributed by atoms with E-state index in [0.29, 0.717) is 21.9 Å². The van der Waals surface area contributed by atoms with E-state index in [9.17, 15) is 4.79 Å². The Balaban J connectivity index is 2.22. The maximum atomic E-state index is 12.4. The number of hydrogen-bond donors (Lipinski definition) is 0. The van der Waals surface area contributed by atoms with Crippen molar-refractivity contribution in [1.29, 1.82) is 0 Å². The van der Waals surface area contributed by atoms with E-state index in [1.165, 1.54) is 22.5 Å². The van der Waals surface area contributed by atoms with Crippen LogP contribution in [0.25, 0.3) is 10.2 Å². The maximum absolute atomic E-state index is 12.4. The molecule has 0 radical (unpaired) electrons. The van der Waals surface area contributed by atoms with Crippen molar-refractivity contribution in [3.63, 3.8) is 0 Å². The van der Waals surface area contributed by atoms with Crippen LogP contribution in [0, 0.1) is 33.1 Å². The Labute approximate surface area is 141 Å². The van der Waals surface area contributed by atoms with Gasteiger partial charge in [0.25, 0.3) is 5.91 Å². The summed E-state index contributed by atoms with van der Waals surface area (Å²) in [5.74, 6) is 2.30. The van der Waals surface area contributed by atoms with Gasteiger partial charge in [0.2, 0.25) is 0 Å². The van der Waals surface area contributed by atoms with Gasteiger partial charge >= 0.3 is 0 Å². The van der Waals surface area contributed by atoms with Gasteiger partial charge in [-0.15, -0.1) is 11.5 Å². The lowest BCUT2D eigenvalue weighted by molar-refractivity contribution is 0.100. The van der Waals surface area contributed by atoms with Gasteiger partial charge in [0, 0.05) is 0 Å². The van der Waals surface area contributed by atoms with E-state index < -0.39 is 0 Å². The molecule has 1 amide bonds. The summed E-state index contributed by atoms with van der Waals surface area (Å²) in [5, 5.41) is 3.86. The van der Waals surface area contributed by atoms with Gasteiger partial charge < -0.3 is 4.57 Å². The van der Waals surface area contributed by atoms with Crippen LogP contribution < -0.4 is 4.80 Å². The highest BCUT2D eigenvalue weighted by Crippen LogP contribution is 2.22. The van der Waals surface area contributed by atoms with Gasteiger partial charge in [-0.1, -0.05) is 21.7 Å². The van der Waals surface area contributed by atoms with Gasteiger partial charge in [0.05, 0.1) is 22.5 Å². The Morgan fingerprint density at radius 3 is 2.74 bits per heavy atom. The molecule has 116 valence electrons. The van der Waals surface area contributed by atoms with Gasteiger partial charge in [-0.3, -0.25) is 4.79 Å². The average Bonchev–Trinajstić information content (AvgIpc) is 3.06. The first kappa shape index (κ1) is 15.6. The second-order valence-corrected chi connectivity index (χ2v) is 6.95. The second-order valence-electron chi connectivity index (χ2n) is 5.18. The highest BCUT2D eigenvalue weighted by Gasteiger charge is 2.14. The van der Waals surface area contributed by atoms with Crippen molar-refractivity contribution in [3.8, 4) is 12.3 Å². The van der Waals surface area contributed by atoms with Gasteiger partial charge in [0.15, 0.2) is 4.80 Å². The minimum absolute atomic E-state index is 0.330. The fourth-order valence-electron chi connectivity index (χ4n) is 2.22. The molecule has 0 aliphatic heterocycles. The lowest BCUT2D eigenvalue weighted by atomic mass is 10.1. The Kier molecular flexibility index (Phi) is 4.11. The smallest absolute Gasteiger partial charge is 0.293 e. The topological polar surface area (TPSA) is 60.1 Å². The first-order valence-corrected chi connectivity index (χ1v) is 8.52. The van der Waals surface area contributed by atoms with Gasteiger partial charge in [-0.05, 0) is 55.6 Å². The highest BCUT2D eigenvalue weighted by atomic mass is 32.1. The zero-order chi connectivity index (χ0) is 16.6. The summed E-state index contributed by atoms with van der Waals surface area (Å²) in [7, 11) is 0. The number of hydrogen-bond acceptors (Lipinski definition) is 5. The molecule has 23 heavy (non-hydrogen) atoms. The molecule has 3 rings (SSSR count). The molecule has 0 aliphatic rings. The zero-order valence-corrected chi connectivity index (χ0v) is 14.6. The lowest BCUT2D eigenvalue weighted by Crippen LogP contribution is -2.16. The molecule has 0 N–H and O–H groups in total. The highest BCUT2D eigenvalue weighted by molar-refractivity contribution is 7.16. The SMILES string of the molecule is C#CCn1c(=NC(=O)c2snnc2C)sc2cc(C)c(C)cc21. The number of carbonyl (C=O) groups is 1. The van der Waals surface area contributed by atoms with Crippen LogP contribution in [0.3, 0.4) is 0 Å². The molecule has 0 atom stereocenters. The fourth-order valence-corrected chi connectivity index (χ4v) is 3.87. The molecule has 0 saturated heterocycles. The van der Waals surface area contributed by atoms with E-state index >= 15 is 0 Å². The number of rotatable bonds is 2. The number of nitrogens with zero attached hydrogens (tertiary/aromatic N) is 4. The Morgan fingerprint density at radius 1 is 1.35 bits per heavy atom. The van der Waals surface area contributed by atoms with Crippen molar-refractivity contribution in [2.24, 2.45) is 4.99 Å². The summed E-state index contributed by atoms with van der Waals surface area (Å²) in [6.07, 6.45) is 5.49. The quantitative estimate of drug-likeness (QED) is 0.673. The molecular weight excluding hydrogens is 328 g/mol. The largest absolute Gasteiger partial charge is 0.305 e. The summed E-state index contributed by atoms with van der Waals surface area (Å²) in [4.78, 5) is 17.7. The Morgan fingerprint density at radius 2 is 2.09 bits per heavy atom. The Hall–Kier alpha value is -2.30. The third-order valence-electron chi connectivity index (χ3n) is 3.59. The number of thiazole rings is 1. The summed E-state index contributed by atoms with van der Waals surface area (Å²) in [6.45, 7) is 6.24. The molecule has 1 aromatic carbocycles. The molecule has 3 aromatic rings. The van der Waals surface area contributed by atoms with E-state index in [1.807, 2.05) is 4.57 Å². The number of benzene rings is 1. The summed E-state index contributed by atoms with van der Waals surface area (Å²) >= 11 is 2.52. The average molecular weight is 342 g/mol. The Bertz CT molecular complexity index is 1020. The third kappa shape index (κ3) is 2.83. The van der Waals surface area contributed by atoms with Crippen molar-refractivity contribution in [2.75, 3.05) is 0 Å². The molecule has 0 aliphatic carbocycles. The molecule has 2 aromatic heterocycles. The number of carbonyl (C=O) groups excluding carboxylic acids is 1. The molecule has 0 fully saturated rings. The van der Waals surface area contributed by atoms with Crippen molar-refractivity contribution < 1.29 is 4.79 Å². The predicted molar refractivity (Wildman–Crippen MR) is 92.7 cm³/mol. The van der Waals surface area contributed by atoms with Crippen molar-refractivity contribution in [3.05, 3.63) is 38.6 Å². The van der Waals surface area contributed by atoms with Crippen molar-refractivity contribution in [1.82, 2.24) is 14.2 Å². The monoisotopic (exact) mass is 342 g/mol. The molecule has 2 heterocycles. The number of fused-ring (bicyclic) bond motifs is 1. The van der Waals surface area contributed by atoms with E-state index in [4.69, 9.17) is 6.42 Å². The molecule has 0 spiro atoms. The number of amides is 1. The standard InChI is InChI=1S/C16H14N4OS2/c1-5-6-20-12-7-9(2)10(3)8-13(12)22-16(20)17-15(21)14-11(4)18-19-23-14/h1,7-8H,6H2,2-4H3. The van der Waals surface area contributed by atoms with Gasteiger partial charge in [-0.25, -0.2) is 0 Å². The minimum Gasteiger partial charge on any atom is -0.305 e. The molecule has 0 unspecified atom stereocenters. The fraction of sp³-hybridized carbons (Fsp3) is 0.250. The number of aromatic nitrogens is 3. The van der Waals surface area contributed by atoms with Crippen LogP contribution >= 0.6 is 22.9 Å². The molecular formula is C16H14N4OS2. The van der Waals surface area contributed by atoms with Crippen LogP contribution in [0.4, 0.5) is 0 Å². The molecule has 0 bridgehead atoms. The third-order valence-corrected chi connectivity index (χ3v) is 5.45. The zero-order valence-electron chi connectivity index (χ0n) is 13.0. The molecule has 0 saturated carbocycles. The second kappa shape index (κ2) is 6.07. The van der Waals surface area contributed by atoms with Gasteiger partial charge in [0.1, 0.15) is 4.88 Å². The van der Waals surface area contributed by atoms with E-state index in [2.05, 4.69) is 46.5 Å². The van der Waals surface area contributed by atoms with Crippen molar-refractivity contribution >= 4 is 39.0 Å². The molecule has 5 nitrogen and oxygen atoms in total. The predicted octanol–water partition coefficient (Wildman–Crippen LogP) is 2.85. The van der Waals surface area contributed by atoms with Crippen LogP contribution in [0.2, 0.25) is 0 Å². The van der Waals surface area contributed by atoms with Crippen molar-refractivity contribution in [2.45, 2.75) is 27.3 Å². The van der Waals surface area contributed by atoms with Crippen LogP contribution in [-0.2, 0) is 6.54 Å². The normalized spacial score (nSPS) is 11.8. The van der Waals surface area contributed by atoms with E-state index in [-0.39, 0.29) is 5.91 Å². The van der Waals surface area contributed by atoms with Crippen LogP contribution in [0.5, 0.6) is 0 Å². The lowest BCUT2D eigenvalue weighted by Gasteiger charge is -2.03.